The average molecular weight is 168 g/mol. The third kappa shape index (κ3) is 4.75. The molecule has 1 atom stereocenters. The molecule has 68 valence electrons. The van der Waals surface area contributed by atoms with E-state index >= 15 is 0 Å². The van der Waals surface area contributed by atoms with Gasteiger partial charge in [-0.3, -0.25) is 4.79 Å². The third-order valence-electron chi connectivity index (χ3n) is 1.67. The highest BCUT2D eigenvalue weighted by Crippen LogP contribution is 2.01. The smallest absolute Gasteiger partial charge is 0.222 e. The molecule has 0 aromatic rings. The highest BCUT2D eigenvalue weighted by molar-refractivity contribution is 5.76. The lowest BCUT2D eigenvalue weighted by molar-refractivity contribution is -0.121. The number of carbonyl (C=O) groups excluding carboxylic acids is 1. The number of terminal acetylenes is 1. The van der Waals surface area contributed by atoms with E-state index in [0.29, 0.717) is 12.3 Å². The molecule has 0 spiro atoms. The fourth-order valence-electron chi connectivity index (χ4n) is 0.672. The zero-order valence-electron chi connectivity index (χ0n) is 7.63. The molecule has 0 bridgehead atoms. The Kier molecular flexibility index (Phi) is 5.14. The molecule has 12 heavy (non-hydrogen) atoms. The van der Waals surface area contributed by atoms with Gasteiger partial charge < -0.3 is 11.1 Å². The lowest BCUT2D eigenvalue weighted by Gasteiger charge is -2.14. The van der Waals surface area contributed by atoms with Gasteiger partial charge in [-0.15, -0.1) is 6.42 Å². The Morgan fingerprint density at radius 3 is 2.67 bits per heavy atom. The first-order chi connectivity index (χ1) is 5.57. The predicted octanol–water partition coefficient (Wildman–Crippen LogP) is 0.109. The van der Waals surface area contributed by atoms with Crippen LogP contribution >= 0.6 is 0 Å². The number of nitrogens with two attached hydrogens (primary N) is 1. The zero-order chi connectivity index (χ0) is 9.56. The van der Waals surface area contributed by atoms with Crippen molar-refractivity contribution in [1.29, 1.82) is 0 Å². The fraction of sp³-hybridized carbons (Fsp3) is 0.667. The van der Waals surface area contributed by atoms with E-state index < -0.39 is 0 Å². The normalized spacial score (nSPS) is 12.2. The molecule has 0 heterocycles. The molecule has 0 saturated carbocycles. The summed E-state index contributed by atoms with van der Waals surface area (Å²) in [5.41, 5.74) is 5.68. The molecule has 1 amide bonds. The first-order valence-corrected chi connectivity index (χ1v) is 4.03. The van der Waals surface area contributed by atoms with Crippen LogP contribution in [0.5, 0.6) is 0 Å². The summed E-state index contributed by atoms with van der Waals surface area (Å²) in [5, 5.41) is 2.56. The second-order valence-corrected chi connectivity index (χ2v) is 3.09. The number of carbonyl (C=O) groups is 1. The predicted molar refractivity (Wildman–Crippen MR) is 49.3 cm³/mol. The molecule has 0 aliphatic rings. The van der Waals surface area contributed by atoms with Crippen molar-refractivity contribution in [1.82, 2.24) is 5.32 Å². The van der Waals surface area contributed by atoms with Gasteiger partial charge in [-0.25, -0.2) is 0 Å². The minimum Gasteiger partial charge on any atom is -0.345 e. The van der Waals surface area contributed by atoms with Gasteiger partial charge in [0.25, 0.3) is 0 Å². The SMILES string of the molecule is C#CCNC(=O)CC(N)C(C)C. The number of hydrogen-bond donors (Lipinski definition) is 2. The second-order valence-electron chi connectivity index (χ2n) is 3.09. The van der Waals surface area contributed by atoms with E-state index in [1.54, 1.807) is 0 Å². The van der Waals surface area contributed by atoms with E-state index in [1.165, 1.54) is 0 Å². The van der Waals surface area contributed by atoms with Gasteiger partial charge in [-0.2, -0.15) is 0 Å². The molecule has 0 aromatic heterocycles. The average Bonchev–Trinajstić information content (AvgIpc) is 2.00. The Morgan fingerprint density at radius 1 is 1.67 bits per heavy atom. The van der Waals surface area contributed by atoms with E-state index in [-0.39, 0.29) is 18.5 Å². The Morgan fingerprint density at radius 2 is 2.25 bits per heavy atom. The minimum absolute atomic E-state index is 0.0749. The standard InChI is InChI=1S/C9H16N2O/c1-4-5-11-9(12)6-8(10)7(2)3/h1,7-8H,5-6,10H2,2-3H3,(H,11,12). The zero-order valence-corrected chi connectivity index (χ0v) is 7.63. The minimum atomic E-state index is -0.0808. The van der Waals surface area contributed by atoms with Gasteiger partial charge >= 0.3 is 0 Å². The number of nitrogens with one attached hydrogen (secondary N) is 1. The topological polar surface area (TPSA) is 55.1 Å². The maximum Gasteiger partial charge on any atom is 0.222 e. The van der Waals surface area contributed by atoms with Gasteiger partial charge in [0.15, 0.2) is 0 Å². The van der Waals surface area contributed by atoms with E-state index in [9.17, 15) is 4.79 Å². The monoisotopic (exact) mass is 168 g/mol. The van der Waals surface area contributed by atoms with Crippen LogP contribution in [-0.2, 0) is 4.79 Å². The Hall–Kier alpha value is -1.01. The van der Waals surface area contributed by atoms with Crippen molar-refractivity contribution < 1.29 is 4.79 Å². The van der Waals surface area contributed by atoms with Crippen LogP contribution in [0, 0.1) is 18.3 Å². The van der Waals surface area contributed by atoms with Crippen molar-refractivity contribution in [3.63, 3.8) is 0 Å². The van der Waals surface area contributed by atoms with Crippen molar-refractivity contribution in [2.75, 3.05) is 6.54 Å². The molecular formula is C9H16N2O. The van der Waals surface area contributed by atoms with Gasteiger partial charge in [0, 0.05) is 12.5 Å². The van der Waals surface area contributed by atoms with Crippen LogP contribution in [-0.4, -0.2) is 18.5 Å². The van der Waals surface area contributed by atoms with Crippen molar-refractivity contribution in [2.24, 2.45) is 11.7 Å². The molecule has 0 saturated heterocycles. The number of hydrogen-bond acceptors (Lipinski definition) is 2. The van der Waals surface area contributed by atoms with E-state index in [4.69, 9.17) is 12.2 Å². The third-order valence-corrected chi connectivity index (χ3v) is 1.67. The molecule has 3 N–H and O–H groups in total. The van der Waals surface area contributed by atoms with Crippen LogP contribution in [0.2, 0.25) is 0 Å². The molecule has 0 aliphatic carbocycles. The summed E-state index contributed by atoms with van der Waals surface area (Å²) in [6, 6.07) is -0.0808. The van der Waals surface area contributed by atoms with Crippen LogP contribution in [0.25, 0.3) is 0 Å². The van der Waals surface area contributed by atoms with Crippen LogP contribution in [0.3, 0.4) is 0 Å². The quantitative estimate of drug-likeness (QED) is 0.585. The van der Waals surface area contributed by atoms with Gasteiger partial charge in [-0.1, -0.05) is 19.8 Å². The maximum absolute atomic E-state index is 11.0. The highest BCUT2D eigenvalue weighted by Gasteiger charge is 2.11. The molecule has 1 unspecified atom stereocenters. The van der Waals surface area contributed by atoms with E-state index in [1.807, 2.05) is 13.8 Å². The number of amides is 1. The molecule has 0 aliphatic heterocycles. The van der Waals surface area contributed by atoms with Crippen molar-refractivity contribution in [3.8, 4) is 12.3 Å². The van der Waals surface area contributed by atoms with Gasteiger partial charge in [0.05, 0.1) is 6.54 Å². The lowest BCUT2D eigenvalue weighted by Crippen LogP contribution is -2.34. The molecule has 0 fully saturated rings. The molecular weight excluding hydrogens is 152 g/mol. The maximum atomic E-state index is 11.0. The molecule has 0 aromatic carbocycles. The summed E-state index contributed by atoms with van der Waals surface area (Å²) in [6.07, 6.45) is 5.32. The molecule has 0 radical (unpaired) electrons. The highest BCUT2D eigenvalue weighted by atomic mass is 16.1. The van der Waals surface area contributed by atoms with E-state index in [0.717, 1.165) is 0 Å². The molecule has 0 rings (SSSR count). The largest absolute Gasteiger partial charge is 0.345 e. The van der Waals surface area contributed by atoms with Crippen LogP contribution in [0.1, 0.15) is 20.3 Å². The van der Waals surface area contributed by atoms with Crippen molar-refractivity contribution in [3.05, 3.63) is 0 Å². The van der Waals surface area contributed by atoms with Crippen LogP contribution < -0.4 is 11.1 Å². The first-order valence-electron chi connectivity index (χ1n) is 4.03. The van der Waals surface area contributed by atoms with Crippen LogP contribution in [0.15, 0.2) is 0 Å². The van der Waals surface area contributed by atoms with Crippen molar-refractivity contribution in [2.45, 2.75) is 26.3 Å². The summed E-state index contributed by atoms with van der Waals surface area (Å²) in [4.78, 5) is 11.0. The van der Waals surface area contributed by atoms with Crippen molar-refractivity contribution >= 4 is 5.91 Å². The summed E-state index contributed by atoms with van der Waals surface area (Å²) < 4.78 is 0. The van der Waals surface area contributed by atoms with Crippen LogP contribution in [0.4, 0.5) is 0 Å². The fourth-order valence-corrected chi connectivity index (χ4v) is 0.672. The van der Waals surface area contributed by atoms with Gasteiger partial charge in [0.1, 0.15) is 0 Å². The Balaban J connectivity index is 3.63. The Bertz CT molecular complexity index is 181. The molecule has 3 heteroatoms. The van der Waals surface area contributed by atoms with Gasteiger partial charge in [0.2, 0.25) is 5.91 Å². The first kappa shape index (κ1) is 11.0. The molecule has 3 nitrogen and oxygen atoms in total. The van der Waals surface area contributed by atoms with Gasteiger partial charge in [-0.05, 0) is 5.92 Å². The lowest BCUT2D eigenvalue weighted by atomic mass is 10.0. The summed E-state index contributed by atoms with van der Waals surface area (Å²) >= 11 is 0. The second kappa shape index (κ2) is 5.62. The Labute approximate surface area is 73.7 Å². The summed E-state index contributed by atoms with van der Waals surface area (Å²) in [7, 11) is 0. The summed E-state index contributed by atoms with van der Waals surface area (Å²) in [5.74, 6) is 2.57. The summed E-state index contributed by atoms with van der Waals surface area (Å²) in [6.45, 7) is 4.25. The number of rotatable bonds is 4. The van der Waals surface area contributed by atoms with E-state index in [2.05, 4.69) is 11.2 Å².